The molecule has 1 N–H and O–H groups in total. The Bertz CT molecular complexity index is 1090. The summed E-state index contributed by atoms with van der Waals surface area (Å²) in [7, 11) is 1.54. The van der Waals surface area contributed by atoms with Gasteiger partial charge in [0, 0.05) is 23.9 Å². The van der Waals surface area contributed by atoms with Crippen molar-refractivity contribution in [2.45, 2.75) is 0 Å². The van der Waals surface area contributed by atoms with Crippen molar-refractivity contribution < 1.29 is 24.4 Å². The Morgan fingerprint density at radius 3 is 2.03 bits per heavy atom. The van der Waals surface area contributed by atoms with Crippen LogP contribution in [0, 0.1) is 20.2 Å². The van der Waals surface area contributed by atoms with Crippen LogP contribution in [0.15, 0.2) is 65.7 Å². The fourth-order valence-corrected chi connectivity index (χ4v) is 2.56. The maximum absolute atomic E-state index is 11.0. The van der Waals surface area contributed by atoms with Crippen molar-refractivity contribution in [3.8, 4) is 23.0 Å². The summed E-state index contributed by atoms with van der Waals surface area (Å²) >= 11 is 0. The Kier molecular flexibility index (Phi) is 5.87. The number of aliphatic imine (C=N–C) groups is 1. The van der Waals surface area contributed by atoms with E-state index in [0.29, 0.717) is 22.9 Å². The number of hydrogen-bond acceptors (Lipinski definition) is 8. The lowest BCUT2D eigenvalue weighted by Crippen LogP contribution is -1.96. The van der Waals surface area contributed by atoms with Crippen LogP contribution in [0.4, 0.5) is 17.1 Å². The van der Waals surface area contributed by atoms with E-state index in [0.717, 1.165) is 12.1 Å². The maximum atomic E-state index is 11.0. The first-order valence-corrected chi connectivity index (χ1v) is 8.50. The van der Waals surface area contributed by atoms with Crippen LogP contribution in [0.1, 0.15) is 5.56 Å². The normalized spacial score (nSPS) is 10.7. The van der Waals surface area contributed by atoms with Crippen molar-refractivity contribution in [3.63, 3.8) is 0 Å². The Morgan fingerprint density at radius 1 is 0.933 bits per heavy atom. The SMILES string of the molecule is COc1ccccc1Oc1ccc(N=Cc2cc([N+](=O)[O-])c(O)c([N+](=O)[O-])c2)cc1. The van der Waals surface area contributed by atoms with Gasteiger partial charge in [0.15, 0.2) is 11.5 Å². The molecule has 0 aliphatic carbocycles. The molecule has 3 aromatic rings. The van der Waals surface area contributed by atoms with E-state index in [9.17, 15) is 25.3 Å². The quantitative estimate of drug-likeness (QED) is 0.337. The molecule has 0 amide bonds. The Hall–Kier alpha value is -4.47. The second kappa shape index (κ2) is 8.69. The highest BCUT2D eigenvalue weighted by Gasteiger charge is 2.25. The minimum atomic E-state index is -1.00. The highest BCUT2D eigenvalue weighted by atomic mass is 16.6. The van der Waals surface area contributed by atoms with Gasteiger partial charge in [-0.3, -0.25) is 25.2 Å². The van der Waals surface area contributed by atoms with Gasteiger partial charge in [-0.05, 0) is 36.4 Å². The molecule has 0 aromatic heterocycles. The summed E-state index contributed by atoms with van der Waals surface area (Å²) < 4.78 is 11.0. The summed E-state index contributed by atoms with van der Waals surface area (Å²) in [6, 6.07) is 15.8. The molecule has 0 radical (unpaired) electrons. The van der Waals surface area contributed by atoms with Crippen LogP contribution in [0.3, 0.4) is 0 Å². The second-order valence-electron chi connectivity index (χ2n) is 5.93. The van der Waals surface area contributed by atoms with E-state index in [1.807, 2.05) is 12.1 Å². The molecule has 0 aliphatic rings. The molecule has 0 heterocycles. The van der Waals surface area contributed by atoms with Gasteiger partial charge in [-0.2, -0.15) is 0 Å². The second-order valence-corrected chi connectivity index (χ2v) is 5.93. The van der Waals surface area contributed by atoms with Gasteiger partial charge in [0.2, 0.25) is 0 Å². The lowest BCUT2D eigenvalue weighted by molar-refractivity contribution is -0.396. The van der Waals surface area contributed by atoms with Crippen LogP contribution in [0.25, 0.3) is 0 Å². The number of ether oxygens (including phenoxy) is 2. The van der Waals surface area contributed by atoms with E-state index in [1.165, 1.54) is 13.3 Å². The molecule has 0 saturated heterocycles. The molecule has 10 nitrogen and oxygen atoms in total. The van der Waals surface area contributed by atoms with Gasteiger partial charge in [-0.1, -0.05) is 12.1 Å². The van der Waals surface area contributed by atoms with Gasteiger partial charge in [-0.15, -0.1) is 0 Å². The van der Waals surface area contributed by atoms with E-state index in [4.69, 9.17) is 9.47 Å². The fourth-order valence-electron chi connectivity index (χ4n) is 2.56. The van der Waals surface area contributed by atoms with Gasteiger partial charge in [0.1, 0.15) is 5.75 Å². The van der Waals surface area contributed by atoms with Crippen molar-refractivity contribution in [1.82, 2.24) is 0 Å². The third kappa shape index (κ3) is 4.50. The summed E-state index contributed by atoms with van der Waals surface area (Å²) in [4.78, 5) is 24.4. The highest BCUT2D eigenvalue weighted by Crippen LogP contribution is 2.36. The summed E-state index contributed by atoms with van der Waals surface area (Å²) in [5, 5.41) is 31.7. The van der Waals surface area contributed by atoms with Gasteiger partial charge in [0.25, 0.3) is 5.75 Å². The molecule has 0 bridgehead atoms. The molecule has 0 spiro atoms. The zero-order chi connectivity index (χ0) is 21.7. The van der Waals surface area contributed by atoms with Crippen LogP contribution in [0.2, 0.25) is 0 Å². The largest absolute Gasteiger partial charge is 0.497 e. The number of nitro groups is 2. The average Bonchev–Trinajstić information content (AvgIpc) is 2.74. The first-order chi connectivity index (χ1) is 14.4. The van der Waals surface area contributed by atoms with Crippen molar-refractivity contribution in [3.05, 3.63) is 86.5 Å². The smallest absolute Gasteiger partial charge is 0.318 e. The molecule has 0 atom stereocenters. The molecule has 3 aromatic carbocycles. The third-order valence-corrected chi connectivity index (χ3v) is 3.98. The van der Waals surface area contributed by atoms with Crippen molar-refractivity contribution >= 4 is 23.3 Å². The fraction of sp³-hybridized carbons (Fsp3) is 0.0500. The van der Waals surface area contributed by atoms with E-state index >= 15 is 0 Å². The summed E-state index contributed by atoms with van der Waals surface area (Å²) in [6.45, 7) is 0. The van der Waals surface area contributed by atoms with Crippen LogP contribution in [-0.2, 0) is 0 Å². The standard InChI is InChI=1S/C20H15N3O7/c1-29-18-4-2-3-5-19(18)30-15-8-6-14(7-9-15)21-12-13-10-16(22(25)26)20(24)17(11-13)23(27)28/h2-12,24H,1H3. The first kappa shape index (κ1) is 20.3. The molecule has 152 valence electrons. The molecule has 0 fully saturated rings. The van der Waals surface area contributed by atoms with Crippen molar-refractivity contribution in [2.24, 2.45) is 4.99 Å². The molecule has 0 aliphatic heterocycles. The van der Waals surface area contributed by atoms with E-state index in [1.54, 1.807) is 36.4 Å². The number of nitro benzene ring substituents is 2. The molecule has 0 unspecified atom stereocenters. The van der Waals surface area contributed by atoms with Gasteiger partial charge in [0.05, 0.1) is 22.6 Å². The minimum Gasteiger partial charge on any atom is -0.497 e. The monoisotopic (exact) mass is 409 g/mol. The highest BCUT2D eigenvalue weighted by molar-refractivity contribution is 5.85. The van der Waals surface area contributed by atoms with Gasteiger partial charge >= 0.3 is 11.4 Å². The van der Waals surface area contributed by atoms with Crippen molar-refractivity contribution in [1.29, 1.82) is 0 Å². The Labute approximate surface area is 169 Å². The number of hydrogen-bond donors (Lipinski definition) is 1. The lowest BCUT2D eigenvalue weighted by Gasteiger charge is -2.09. The van der Waals surface area contributed by atoms with Crippen LogP contribution in [-0.4, -0.2) is 28.3 Å². The minimum absolute atomic E-state index is 0.0977. The number of nitrogens with zero attached hydrogens (tertiary/aromatic N) is 3. The van der Waals surface area contributed by atoms with Crippen LogP contribution < -0.4 is 9.47 Å². The zero-order valence-electron chi connectivity index (χ0n) is 15.6. The third-order valence-electron chi connectivity index (χ3n) is 3.98. The molecular formula is C20H15N3O7. The molecule has 10 heteroatoms. The van der Waals surface area contributed by atoms with Crippen molar-refractivity contribution in [2.75, 3.05) is 7.11 Å². The summed E-state index contributed by atoms with van der Waals surface area (Å²) in [5.74, 6) is 0.657. The van der Waals surface area contributed by atoms with Gasteiger partial charge in [-0.25, -0.2) is 0 Å². The zero-order valence-corrected chi connectivity index (χ0v) is 15.6. The topological polar surface area (TPSA) is 137 Å². The number of aromatic hydroxyl groups is 1. The average molecular weight is 409 g/mol. The Balaban J connectivity index is 1.82. The number of methoxy groups -OCH3 is 1. The predicted octanol–water partition coefficient (Wildman–Crippen LogP) is 4.76. The first-order valence-electron chi connectivity index (χ1n) is 8.50. The molecule has 3 rings (SSSR count). The number of benzene rings is 3. The molecule has 0 saturated carbocycles. The number of phenols is 1. The lowest BCUT2D eigenvalue weighted by atomic mass is 10.1. The number of phenolic OH excluding ortho intramolecular Hbond substituents is 1. The summed E-state index contributed by atoms with van der Waals surface area (Å²) in [6.07, 6.45) is 1.23. The van der Waals surface area contributed by atoms with E-state index in [-0.39, 0.29) is 5.56 Å². The van der Waals surface area contributed by atoms with E-state index < -0.39 is 27.0 Å². The van der Waals surface area contributed by atoms with E-state index in [2.05, 4.69) is 4.99 Å². The Morgan fingerprint density at radius 2 is 1.50 bits per heavy atom. The van der Waals surface area contributed by atoms with Crippen LogP contribution in [0.5, 0.6) is 23.0 Å². The molecular weight excluding hydrogens is 394 g/mol. The maximum Gasteiger partial charge on any atom is 0.318 e. The molecule has 30 heavy (non-hydrogen) atoms. The van der Waals surface area contributed by atoms with Crippen LogP contribution >= 0.6 is 0 Å². The predicted molar refractivity (Wildman–Crippen MR) is 108 cm³/mol. The van der Waals surface area contributed by atoms with Gasteiger partial charge < -0.3 is 14.6 Å². The number of para-hydroxylation sites is 2. The number of rotatable bonds is 7. The summed E-state index contributed by atoms with van der Waals surface area (Å²) in [5.41, 5.74) is -0.960.